The van der Waals surface area contributed by atoms with Crippen molar-refractivity contribution in [2.45, 2.75) is 108 Å². The first-order valence-electron chi connectivity index (χ1n) is 17.9. The number of rotatable bonds is 15. The van der Waals surface area contributed by atoms with E-state index in [-0.39, 0.29) is 0 Å². The number of halogens is 42. The van der Waals surface area contributed by atoms with Gasteiger partial charge in [0.25, 0.3) is 0 Å². The maximum absolute atomic E-state index is 15.3. The average molecular weight is 1270 g/mol. The molecule has 0 saturated heterocycles. The van der Waals surface area contributed by atoms with Crippen LogP contribution < -0.4 is 15.9 Å². The molecule has 0 atom stereocenters. The minimum Gasteiger partial charge on any atom is -0.245 e. The van der Waals surface area contributed by atoms with Crippen LogP contribution in [0.25, 0.3) is 0 Å². The maximum atomic E-state index is 15.3. The molecule has 0 saturated carbocycles. The summed E-state index contributed by atoms with van der Waals surface area (Å²) in [5.74, 6) is -97.8. The Hall–Kier alpha value is -5.06. The van der Waals surface area contributed by atoms with E-state index in [4.69, 9.17) is 0 Å². The molecular weight excluding hydrogens is 1270 g/mol. The Morgan fingerprint density at radius 1 is 0.190 bits per heavy atom. The molecule has 46 heteroatoms. The van der Waals surface area contributed by atoms with E-state index in [1.165, 1.54) is 15.0 Å². The summed E-state index contributed by atoms with van der Waals surface area (Å²) in [4.78, 5) is 3.66. The first-order valence-corrected chi connectivity index (χ1v) is 19.3. The Labute approximate surface area is 402 Å². The molecule has 79 heavy (non-hydrogen) atoms. The molecule has 0 aliphatic rings. The van der Waals surface area contributed by atoms with Crippen molar-refractivity contribution in [1.82, 2.24) is 15.0 Å². The highest BCUT2D eigenvalue weighted by molar-refractivity contribution is 7.79. The molecule has 0 aromatic carbocycles. The van der Waals surface area contributed by atoms with Crippen LogP contribution >= 0.6 is 7.92 Å². The maximum Gasteiger partial charge on any atom is 0.460 e. The molecule has 0 amide bonds. The van der Waals surface area contributed by atoms with Gasteiger partial charge in [0.15, 0.2) is 0 Å². The number of nitrogens with zero attached hydrogens (tertiary/aromatic N) is 3. The molecule has 0 fully saturated rings. The van der Waals surface area contributed by atoms with Crippen LogP contribution in [0.1, 0.15) is 34.2 Å². The molecule has 3 rings (SSSR count). The number of alkyl halides is 42. The second-order valence-electron chi connectivity index (χ2n) is 15.0. The molecule has 3 aromatic heterocycles. The zero-order chi connectivity index (χ0) is 63.1. The number of aromatic nitrogens is 3. The standard InChI is InChI=1S/C33H6F42N3P/c34-16(35,22(46,47)28(58,59)60)10-1-7(2-11(76-10)17(36,37)23(48,49)29(61,62)63)79(8-3-12(18(38,39)24(50,51)30(64,65)66)77-13(4-8)19(40,41)25(52,53)31(67,68)69)9-5-14(20(42,43)26(54,55)32(70,71)72)78-15(6-9)21(44,45)27(56,57)33(73,74)75/h1-6H. The van der Waals surface area contributed by atoms with Gasteiger partial charge in [-0.15, -0.1) is 0 Å². The third-order valence-electron chi connectivity index (χ3n) is 9.64. The van der Waals surface area contributed by atoms with E-state index in [1.807, 2.05) is 0 Å². The largest absolute Gasteiger partial charge is 0.460 e. The van der Waals surface area contributed by atoms with Crippen LogP contribution in [0.2, 0.25) is 0 Å². The van der Waals surface area contributed by atoms with Crippen molar-refractivity contribution in [3.8, 4) is 0 Å². The first-order chi connectivity index (χ1) is 34.1. The summed E-state index contributed by atoms with van der Waals surface area (Å²) < 4.78 is 595. The van der Waals surface area contributed by atoms with Gasteiger partial charge >= 0.3 is 108 Å². The van der Waals surface area contributed by atoms with E-state index in [0.29, 0.717) is 0 Å². The monoisotopic (exact) mass is 1270 g/mol. The van der Waals surface area contributed by atoms with Gasteiger partial charge in [-0.1, -0.05) is 0 Å². The summed E-state index contributed by atoms with van der Waals surface area (Å²) in [6, 6.07) is -12.4. The van der Waals surface area contributed by atoms with Gasteiger partial charge in [0.1, 0.15) is 34.2 Å². The Kier molecular flexibility index (Phi) is 16.2. The van der Waals surface area contributed by atoms with Crippen molar-refractivity contribution in [1.29, 1.82) is 0 Å². The lowest BCUT2D eigenvalue weighted by Gasteiger charge is -2.33. The smallest absolute Gasteiger partial charge is 0.245 e. The van der Waals surface area contributed by atoms with Gasteiger partial charge in [-0.3, -0.25) is 0 Å². The minimum atomic E-state index is -8.28. The fourth-order valence-electron chi connectivity index (χ4n) is 5.38. The lowest BCUT2D eigenvalue weighted by molar-refractivity contribution is -0.363. The zero-order valence-corrected chi connectivity index (χ0v) is 35.5. The van der Waals surface area contributed by atoms with Crippen LogP contribution in [0.4, 0.5) is 184 Å². The van der Waals surface area contributed by atoms with E-state index in [9.17, 15) is 132 Å². The lowest BCUT2D eigenvalue weighted by atomic mass is 10.0. The third-order valence-corrected chi connectivity index (χ3v) is 12.0. The molecule has 0 radical (unpaired) electrons. The quantitative estimate of drug-likeness (QED) is 0.112. The topological polar surface area (TPSA) is 38.7 Å². The highest BCUT2D eigenvalue weighted by Gasteiger charge is 2.80. The summed E-state index contributed by atoms with van der Waals surface area (Å²) >= 11 is 0. The molecular formula is C33H6F42N3P. The first kappa shape index (κ1) is 68.2. The number of hydrogen-bond acceptors (Lipinski definition) is 3. The Balaban J connectivity index is 3.18. The molecule has 0 unspecified atom stereocenters. The SMILES string of the molecule is FC(F)(F)C(F)(F)C(F)(F)c1cc(P(c2cc(C(F)(F)C(F)(F)C(F)(F)F)nc(C(F)(F)C(F)(F)C(F)(F)F)c2)c2cc(C(F)(F)C(F)(F)C(F)(F)F)nc(C(F)(F)C(F)(F)C(F)(F)F)c2)cc(C(F)(F)C(F)(F)C(F)(F)F)n1. The van der Waals surface area contributed by atoms with Gasteiger partial charge < -0.3 is 0 Å². The van der Waals surface area contributed by atoms with Crippen LogP contribution in [-0.2, 0) is 35.5 Å². The van der Waals surface area contributed by atoms with Crippen LogP contribution in [0.3, 0.4) is 0 Å². The average Bonchev–Trinajstić information content (AvgIpc) is 3.23. The molecule has 0 spiro atoms. The van der Waals surface area contributed by atoms with Crippen LogP contribution in [0, 0.1) is 0 Å². The van der Waals surface area contributed by atoms with Crippen molar-refractivity contribution >= 4 is 23.8 Å². The number of pyridine rings is 3. The van der Waals surface area contributed by atoms with Gasteiger partial charge in [-0.2, -0.15) is 184 Å². The van der Waals surface area contributed by atoms with Crippen LogP contribution in [-0.4, -0.2) is 87.5 Å². The van der Waals surface area contributed by atoms with E-state index < -0.39 is 203 Å². The molecule has 3 nitrogen and oxygen atoms in total. The summed E-state index contributed by atoms with van der Waals surface area (Å²) in [5.41, 5.74) is -26.9. The molecule has 0 N–H and O–H groups in total. The summed E-state index contributed by atoms with van der Waals surface area (Å²) in [7, 11) is -6.49. The van der Waals surface area contributed by atoms with Gasteiger partial charge in [0.05, 0.1) is 0 Å². The van der Waals surface area contributed by atoms with E-state index in [2.05, 4.69) is 0 Å². The fourth-order valence-corrected chi connectivity index (χ4v) is 7.78. The molecule has 0 bridgehead atoms. The number of hydrogen-bond donors (Lipinski definition) is 0. The van der Waals surface area contributed by atoms with Crippen molar-refractivity contribution in [2.24, 2.45) is 0 Å². The van der Waals surface area contributed by atoms with E-state index in [1.54, 1.807) is 0 Å². The summed E-state index contributed by atoms with van der Waals surface area (Å²) in [6.45, 7) is 0. The van der Waals surface area contributed by atoms with Crippen LogP contribution in [0.15, 0.2) is 36.4 Å². The van der Waals surface area contributed by atoms with Gasteiger partial charge in [-0.05, 0) is 60.2 Å². The van der Waals surface area contributed by atoms with Gasteiger partial charge in [0, 0.05) is 0 Å². The Bertz CT molecular complexity index is 2270. The third kappa shape index (κ3) is 10.5. The van der Waals surface area contributed by atoms with Crippen molar-refractivity contribution in [3.05, 3.63) is 70.6 Å². The minimum absolute atomic E-state index is 1.22. The lowest BCUT2D eigenvalue weighted by Crippen LogP contribution is -2.53. The van der Waals surface area contributed by atoms with Crippen LogP contribution in [0.5, 0.6) is 0 Å². The van der Waals surface area contributed by atoms with Crippen molar-refractivity contribution < 1.29 is 184 Å². The summed E-state index contributed by atoms with van der Waals surface area (Å²) in [5, 5.41) is -10.9. The van der Waals surface area contributed by atoms with Gasteiger partial charge in [0.2, 0.25) is 0 Å². The molecule has 452 valence electrons. The molecule has 3 heterocycles. The van der Waals surface area contributed by atoms with Gasteiger partial charge in [-0.25, -0.2) is 15.0 Å². The van der Waals surface area contributed by atoms with Crippen molar-refractivity contribution in [3.63, 3.8) is 0 Å². The summed E-state index contributed by atoms with van der Waals surface area (Å²) in [6.07, 6.45) is -48.6. The Morgan fingerprint density at radius 3 is 0.380 bits per heavy atom. The normalized spacial score (nSPS) is 15.8. The molecule has 0 aliphatic carbocycles. The second-order valence-corrected chi connectivity index (χ2v) is 17.2. The predicted octanol–water partition coefficient (Wildman–Crippen LogP) is 15.4. The molecule has 3 aromatic rings. The molecule has 0 aliphatic heterocycles. The van der Waals surface area contributed by atoms with E-state index in [0.717, 1.165) is 0 Å². The Morgan fingerprint density at radius 2 is 0.291 bits per heavy atom. The second kappa shape index (κ2) is 18.7. The zero-order valence-electron chi connectivity index (χ0n) is 34.6. The predicted molar refractivity (Wildman–Crippen MR) is 168 cm³/mol. The highest BCUT2D eigenvalue weighted by Crippen LogP contribution is 2.59. The van der Waals surface area contributed by atoms with Crippen molar-refractivity contribution in [2.75, 3.05) is 0 Å². The van der Waals surface area contributed by atoms with E-state index >= 15 is 52.7 Å². The fraction of sp³-hybridized carbons (Fsp3) is 0.545. The highest BCUT2D eigenvalue weighted by atomic mass is 31.1.